The first-order valence-corrected chi connectivity index (χ1v) is 5.44. The van der Waals surface area contributed by atoms with Crippen LogP contribution in [0.1, 0.15) is 11.1 Å². The fraction of sp³-hybridized carbons (Fsp3) is 0.154. The molecule has 0 amide bonds. The van der Waals surface area contributed by atoms with E-state index in [0.29, 0.717) is 10.8 Å². The molecule has 1 aromatic carbocycles. The number of nitrogen functional groups attached to an aromatic ring is 1. The molecule has 0 aliphatic heterocycles. The fourth-order valence-corrected chi connectivity index (χ4v) is 1.94. The van der Waals surface area contributed by atoms with E-state index in [1.165, 1.54) is 11.1 Å². The average molecular weight is 233 g/mol. The molecular weight excluding hydrogens is 220 g/mol. The van der Waals surface area contributed by atoms with E-state index in [2.05, 4.69) is 31.0 Å². The van der Waals surface area contributed by atoms with E-state index in [0.717, 1.165) is 11.1 Å². The molecule has 0 saturated carbocycles. The van der Waals surface area contributed by atoms with E-state index in [4.69, 9.17) is 17.3 Å². The molecular formula is C13H13ClN2. The van der Waals surface area contributed by atoms with E-state index >= 15 is 0 Å². The second-order valence-electron chi connectivity index (χ2n) is 3.90. The zero-order valence-electron chi connectivity index (χ0n) is 9.29. The molecule has 82 valence electrons. The number of aromatic nitrogens is 1. The van der Waals surface area contributed by atoms with Crippen LogP contribution in [0.3, 0.4) is 0 Å². The topological polar surface area (TPSA) is 38.9 Å². The van der Waals surface area contributed by atoms with Crippen molar-refractivity contribution in [1.29, 1.82) is 0 Å². The van der Waals surface area contributed by atoms with Crippen LogP contribution >= 0.6 is 11.6 Å². The van der Waals surface area contributed by atoms with Gasteiger partial charge in [0, 0.05) is 11.8 Å². The van der Waals surface area contributed by atoms with Gasteiger partial charge in [-0.2, -0.15) is 0 Å². The van der Waals surface area contributed by atoms with E-state index in [9.17, 15) is 0 Å². The van der Waals surface area contributed by atoms with E-state index in [-0.39, 0.29) is 0 Å². The number of anilines is 1. The molecule has 0 bridgehead atoms. The summed E-state index contributed by atoms with van der Waals surface area (Å²) < 4.78 is 0. The molecule has 3 heteroatoms. The normalized spacial score (nSPS) is 10.4. The third-order valence-corrected chi connectivity index (χ3v) is 2.76. The first-order chi connectivity index (χ1) is 7.58. The summed E-state index contributed by atoms with van der Waals surface area (Å²) in [5, 5.41) is 0.601. The minimum Gasteiger partial charge on any atom is -0.383 e. The first kappa shape index (κ1) is 11.0. The second-order valence-corrected chi connectivity index (χ2v) is 4.34. The molecule has 0 spiro atoms. The molecule has 2 N–H and O–H groups in total. The van der Waals surface area contributed by atoms with Crippen LogP contribution in [-0.2, 0) is 0 Å². The number of aryl methyl sites for hydroxylation is 2. The smallest absolute Gasteiger partial charge is 0.131 e. The molecule has 0 unspecified atom stereocenters. The first-order valence-electron chi connectivity index (χ1n) is 5.06. The minimum absolute atomic E-state index is 0.511. The summed E-state index contributed by atoms with van der Waals surface area (Å²) in [5.41, 5.74) is 10.2. The summed E-state index contributed by atoms with van der Waals surface area (Å²) in [6.45, 7) is 4.12. The van der Waals surface area contributed by atoms with Crippen molar-refractivity contribution in [3.63, 3.8) is 0 Å². The molecule has 0 saturated heterocycles. The third-order valence-electron chi connectivity index (χ3n) is 2.56. The fourth-order valence-electron chi connectivity index (χ4n) is 1.78. The second kappa shape index (κ2) is 4.14. The van der Waals surface area contributed by atoms with Crippen molar-refractivity contribution in [2.24, 2.45) is 0 Å². The molecule has 2 rings (SSSR count). The molecule has 2 aromatic rings. The van der Waals surface area contributed by atoms with Crippen molar-refractivity contribution in [3.8, 4) is 11.1 Å². The highest BCUT2D eigenvalue weighted by Gasteiger charge is 2.07. The maximum absolute atomic E-state index is 5.93. The zero-order chi connectivity index (χ0) is 11.7. The molecule has 1 aromatic heterocycles. The summed E-state index contributed by atoms with van der Waals surface area (Å²) in [6, 6.07) is 8.08. The Hall–Kier alpha value is -1.54. The van der Waals surface area contributed by atoms with Gasteiger partial charge in [0.25, 0.3) is 0 Å². The number of rotatable bonds is 1. The molecule has 1 heterocycles. The van der Waals surface area contributed by atoms with Crippen molar-refractivity contribution in [3.05, 3.63) is 46.6 Å². The van der Waals surface area contributed by atoms with E-state index in [1.54, 1.807) is 6.20 Å². The lowest BCUT2D eigenvalue weighted by Crippen LogP contribution is -1.95. The molecule has 0 fully saturated rings. The average Bonchev–Trinajstić information content (AvgIpc) is 2.22. The Balaban J connectivity index is 2.62. The Morgan fingerprint density at radius 2 is 1.88 bits per heavy atom. The summed E-state index contributed by atoms with van der Waals surface area (Å²) in [5.74, 6) is 0.511. The highest BCUT2D eigenvalue weighted by Crippen LogP contribution is 2.29. The van der Waals surface area contributed by atoms with Crippen LogP contribution in [0.2, 0.25) is 5.02 Å². The van der Waals surface area contributed by atoms with Gasteiger partial charge in [0.05, 0.1) is 5.02 Å². The number of hydrogen-bond acceptors (Lipinski definition) is 2. The van der Waals surface area contributed by atoms with Crippen LogP contribution in [0.5, 0.6) is 0 Å². The lowest BCUT2D eigenvalue weighted by atomic mass is 9.99. The van der Waals surface area contributed by atoms with Crippen LogP contribution in [0, 0.1) is 13.8 Å². The quantitative estimate of drug-likeness (QED) is 0.816. The predicted octanol–water partition coefficient (Wildman–Crippen LogP) is 3.60. The van der Waals surface area contributed by atoms with Crippen LogP contribution in [0.4, 0.5) is 5.82 Å². The molecule has 0 atom stereocenters. The highest BCUT2D eigenvalue weighted by atomic mass is 35.5. The Morgan fingerprint density at radius 3 is 2.56 bits per heavy atom. The lowest BCUT2D eigenvalue weighted by Gasteiger charge is -2.09. The van der Waals surface area contributed by atoms with Gasteiger partial charge in [-0.25, -0.2) is 4.98 Å². The zero-order valence-corrected chi connectivity index (χ0v) is 10.0. The third kappa shape index (κ3) is 2.02. The van der Waals surface area contributed by atoms with Crippen molar-refractivity contribution >= 4 is 17.4 Å². The van der Waals surface area contributed by atoms with Gasteiger partial charge in [0.15, 0.2) is 0 Å². The van der Waals surface area contributed by atoms with Gasteiger partial charge in [-0.1, -0.05) is 35.4 Å². The van der Waals surface area contributed by atoms with Crippen LogP contribution in [0.15, 0.2) is 30.5 Å². The Labute approximate surface area is 100 Å². The van der Waals surface area contributed by atoms with Gasteiger partial charge in [-0.15, -0.1) is 0 Å². The molecule has 16 heavy (non-hydrogen) atoms. The van der Waals surface area contributed by atoms with Gasteiger partial charge >= 0.3 is 0 Å². The monoisotopic (exact) mass is 232 g/mol. The van der Waals surface area contributed by atoms with Gasteiger partial charge in [-0.05, 0) is 31.0 Å². The minimum atomic E-state index is 0.511. The maximum Gasteiger partial charge on any atom is 0.131 e. The van der Waals surface area contributed by atoms with Crippen molar-refractivity contribution in [1.82, 2.24) is 4.98 Å². The number of nitrogens with zero attached hydrogens (tertiary/aromatic N) is 1. The standard InChI is InChI=1S/C13H13ClN2/c1-8-3-4-11(9(2)5-8)12-6-10(14)7-16-13(12)15/h3-7H,1-2H3,(H2,15,16). The van der Waals surface area contributed by atoms with Crippen molar-refractivity contribution in [2.45, 2.75) is 13.8 Å². The molecule has 0 radical (unpaired) electrons. The number of pyridine rings is 1. The molecule has 0 aliphatic carbocycles. The van der Waals surface area contributed by atoms with Gasteiger partial charge in [0.1, 0.15) is 5.82 Å². The van der Waals surface area contributed by atoms with E-state index in [1.807, 2.05) is 12.1 Å². The van der Waals surface area contributed by atoms with Crippen LogP contribution < -0.4 is 5.73 Å². The Morgan fingerprint density at radius 1 is 1.12 bits per heavy atom. The van der Waals surface area contributed by atoms with Gasteiger partial charge < -0.3 is 5.73 Å². The summed E-state index contributed by atoms with van der Waals surface area (Å²) in [6.07, 6.45) is 1.56. The van der Waals surface area contributed by atoms with Crippen LogP contribution in [0.25, 0.3) is 11.1 Å². The maximum atomic E-state index is 5.93. The summed E-state index contributed by atoms with van der Waals surface area (Å²) >= 11 is 5.93. The number of hydrogen-bond donors (Lipinski definition) is 1. The predicted molar refractivity (Wildman–Crippen MR) is 68.6 cm³/mol. The van der Waals surface area contributed by atoms with Gasteiger partial charge in [0.2, 0.25) is 0 Å². The Kier molecular flexibility index (Phi) is 2.84. The number of halogens is 1. The lowest BCUT2D eigenvalue weighted by molar-refractivity contribution is 1.32. The SMILES string of the molecule is Cc1ccc(-c2cc(Cl)cnc2N)c(C)c1. The van der Waals surface area contributed by atoms with Crippen molar-refractivity contribution in [2.75, 3.05) is 5.73 Å². The highest BCUT2D eigenvalue weighted by molar-refractivity contribution is 6.30. The van der Waals surface area contributed by atoms with Crippen molar-refractivity contribution < 1.29 is 0 Å². The molecule has 0 aliphatic rings. The number of nitrogens with two attached hydrogens (primary N) is 1. The number of benzene rings is 1. The van der Waals surface area contributed by atoms with Gasteiger partial charge in [-0.3, -0.25) is 0 Å². The largest absolute Gasteiger partial charge is 0.383 e. The molecule has 2 nitrogen and oxygen atoms in total. The summed E-state index contributed by atoms with van der Waals surface area (Å²) in [7, 11) is 0. The summed E-state index contributed by atoms with van der Waals surface area (Å²) in [4.78, 5) is 4.06. The Bertz CT molecular complexity index is 535. The van der Waals surface area contributed by atoms with Crippen LogP contribution in [-0.4, -0.2) is 4.98 Å². The van der Waals surface area contributed by atoms with E-state index < -0.39 is 0 Å².